The van der Waals surface area contributed by atoms with Crippen LogP contribution in [-0.4, -0.2) is 32.1 Å². The van der Waals surface area contributed by atoms with Crippen molar-refractivity contribution in [2.24, 2.45) is 0 Å². The molecule has 0 atom stereocenters. The summed E-state index contributed by atoms with van der Waals surface area (Å²) >= 11 is 0. The summed E-state index contributed by atoms with van der Waals surface area (Å²) in [4.78, 5) is 22.0. The number of amides is 1. The van der Waals surface area contributed by atoms with Crippen molar-refractivity contribution in [3.63, 3.8) is 0 Å². The molecule has 0 unspecified atom stereocenters. The van der Waals surface area contributed by atoms with Gasteiger partial charge in [0.2, 0.25) is 0 Å². The zero-order valence-electron chi connectivity index (χ0n) is 10.2. The fourth-order valence-corrected chi connectivity index (χ4v) is 1.19. The molecule has 0 aliphatic carbocycles. The van der Waals surface area contributed by atoms with Gasteiger partial charge < -0.3 is 14.8 Å². The maximum atomic E-state index is 13.1. The van der Waals surface area contributed by atoms with Crippen molar-refractivity contribution in [3.05, 3.63) is 29.8 Å². The lowest BCUT2D eigenvalue weighted by Gasteiger charge is -2.07. The summed E-state index contributed by atoms with van der Waals surface area (Å²) in [6, 6.07) is 2.77. The summed E-state index contributed by atoms with van der Waals surface area (Å²) in [5, 5.41) is 2.39. The topological polar surface area (TPSA) is 64.6 Å². The Kier molecular flexibility index (Phi) is 5.72. The van der Waals surface area contributed by atoms with Crippen LogP contribution in [0.2, 0.25) is 0 Å². The highest BCUT2D eigenvalue weighted by atomic mass is 19.1. The smallest absolute Gasteiger partial charge is 0.307 e. The van der Waals surface area contributed by atoms with Gasteiger partial charge in [-0.25, -0.2) is 8.78 Å². The third-order valence-electron chi connectivity index (χ3n) is 2.13. The molecule has 1 aromatic carbocycles. The highest BCUT2D eigenvalue weighted by Gasteiger charge is 2.08. The fourth-order valence-electron chi connectivity index (χ4n) is 1.19. The standard InChI is InChI=1S/C12H13F2NO4/c1-18-12(17)4-5-15-11(16)7-19-10-3-2-8(13)6-9(10)14/h2-3,6H,4-5,7H2,1H3,(H,15,16). The van der Waals surface area contributed by atoms with Crippen molar-refractivity contribution in [2.45, 2.75) is 6.42 Å². The van der Waals surface area contributed by atoms with Gasteiger partial charge in [0.1, 0.15) is 5.82 Å². The normalized spacial score (nSPS) is 9.84. The molecule has 1 aromatic rings. The van der Waals surface area contributed by atoms with Gasteiger partial charge in [-0.05, 0) is 12.1 Å². The first-order chi connectivity index (χ1) is 9.02. The SMILES string of the molecule is COC(=O)CCNC(=O)COc1ccc(F)cc1F. The third kappa shape index (κ3) is 5.33. The monoisotopic (exact) mass is 273 g/mol. The molecule has 5 nitrogen and oxygen atoms in total. The van der Waals surface area contributed by atoms with E-state index in [0.717, 1.165) is 12.1 Å². The number of ether oxygens (including phenoxy) is 2. The second-order valence-corrected chi connectivity index (χ2v) is 3.54. The molecule has 0 aromatic heterocycles. The fraction of sp³-hybridized carbons (Fsp3) is 0.333. The van der Waals surface area contributed by atoms with Gasteiger partial charge in [-0.1, -0.05) is 0 Å². The predicted molar refractivity (Wildman–Crippen MR) is 61.5 cm³/mol. The molecule has 0 radical (unpaired) electrons. The van der Waals surface area contributed by atoms with Gasteiger partial charge in [0.25, 0.3) is 5.91 Å². The second-order valence-electron chi connectivity index (χ2n) is 3.54. The maximum Gasteiger partial charge on any atom is 0.307 e. The number of carbonyl (C=O) groups is 2. The lowest BCUT2D eigenvalue weighted by Crippen LogP contribution is -2.31. The molecule has 0 aliphatic rings. The van der Waals surface area contributed by atoms with E-state index in [1.165, 1.54) is 7.11 Å². The van der Waals surface area contributed by atoms with Crippen molar-refractivity contribution in [1.82, 2.24) is 5.32 Å². The molecular weight excluding hydrogens is 260 g/mol. The van der Waals surface area contributed by atoms with E-state index in [1.807, 2.05) is 0 Å². The molecule has 7 heteroatoms. The van der Waals surface area contributed by atoms with Crippen molar-refractivity contribution in [2.75, 3.05) is 20.3 Å². The molecule has 0 fully saturated rings. The minimum absolute atomic E-state index is 0.0349. The van der Waals surface area contributed by atoms with E-state index in [2.05, 4.69) is 10.1 Å². The molecule has 1 rings (SSSR count). The maximum absolute atomic E-state index is 13.1. The van der Waals surface area contributed by atoms with E-state index in [4.69, 9.17) is 4.74 Å². The zero-order chi connectivity index (χ0) is 14.3. The molecule has 0 saturated heterocycles. The Labute approximate surface area is 108 Å². The van der Waals surface area contributed by atoms with Gasteiger partial charge in [0.15, 0.2) is 18.2 Å². The Morgan fingerprint density at radius 2 is 2.05 bits per heavy atom. The van der Waals surface area contributed by atoms with Gasteiger partial charge in [-0.2, -0.15) is 0 Å². The van der Waals surface area contributed by atoms with Crippen molar-refractivity contribution in [3.8, 4) is 5.75 Å². The number of rotatable bonds is 6. The number of methoxy groups -OCH3 is 1. The first kappa shape index (κ1) is 14.9. The van der Waals surface area contributed by atoms with E-state index in [-0.39, 0.29) is 18.7 Å². The highest BCUT2D eigenvalue weighted by Crippen LogP contribution is 2.17. The van der Waals surface area contributed by atoms with Crippen molar-refractivity contribution in [1.29, 1.82) is 0 Å². The van der Waals surface area contributed by atoms with E-state index in [9.17, 15) is 18.4 Å². The van der Waals surface area contributed by atoms with E-state index in [1.54, 1.807) is 0 Å². The van der Waals surface area contributed by atoms with Crippen LogP contribution in [0.1, 0.15) is 6.42 Å². The average molecular weight is 273 g/mol. The summed E-state index contributed by atoms with van der Waals surface area (Å²) < 4.78 is 35.0. The number of hydrogen-bond acceptors (Lipinski definition) is 4. The number of halogens is 2. The number of benzene rings is 1. The van der Waals surface area contributed by atoms with Gasteiger partial charge in [0, 0.05) is 12.6 Å². The van der Waals surface area contributed by atoms with Crippen molar-refractivity contribution >= 4 is 11.9 Å². The molecule has 0 saturated carbocycles. The largest absolute Gasteiger partial charge is 0.481 e. The summed E-state index contributed by atoms with van der Waals surface area (Å²) in [5.74, 6) is -2.81. The average Bonchev–Trinajstić information content (AvgIpc) is 2.37. The molecule has 0 aliphatic heterocycles. The first-order valence-electron chi connectivity index (χ1n) is 5.44. The van der Waals surface area contributed by atoms with Crippen LogP contribution in [0.3, 0.4) is 0 Å². The minimum atomic E-state index is -0.887. The summed E-state index contributed by atoms with van der Waals surface area (Å²) in [6.07, 6.45) is 0.0349. The van der Waals surface area contributed by atoms with Crippen LogP contribution < -0.4 is 10.1 Å². The second kappa shape index (κ2) is 7.30. The molecular formula is C12H13F2NO4. The Balaban J connectivity index is 2.32. The number of esters is 1. The molecule has 19 heavy (non-hydrogen) atoms. The van der Waals surface area contributed by atoms with Gasteiger partial charge in [-0.3, -0.25) is 9.59 Å². The first-order valence-corrected chi connectivity index (χ1v) is 5.44. The van der Waals surface area contributed by atoms with Crippen LogP contribution in [-0.2, 0) is 14.3 Å². The molecule has 1 N–H and O–H groups in total. The van der Waals surface area contributed by atoms with Gasteiger partial charge >= 0.3 is 5.97 Å². The third-order valence-corrected chi connectivity index (χ3v) is 2.13. The summed E-state index contributed by atoms with van der Waals surface area (Å²) in [5.41, 5.74) is 0. The van der Waals surface area contributed by atoms with Gasteiger partial charge in [0.05, 0.1) is 13.5 Å². The van der Waals surface area contributed by atoms with Crippen LogP contribution in [0.4, 0.5) is 8.78 Å². The van der Waals surface area contributed by atoms with E-state index < -0.39 is 30.1 Å². The zero-order valence-corrected chi connectivity index (χ0v) is 10.2. The molecule has 0 spiro atoms. The molecule has 104 valence electrons. The predicted octanol–water partition coefficient (Wildman–Crippen LogP) is 1.02. The Morgan fingerprint density at radius 1 is 1.32 bits per heavy atom. The van der Waals surface area contributed by atoms with E-state index >= 15 is 0 Å². The lowest BCUT2D eigenvalue weighted by molar-refractivity contribution is -0.140. The van der Waals surface area contributed by atoms with Crippen molar-refractivity contribution < 1.29 is 27.8 Å². The van der Waals surface area contributed by atoms with Crippen LogP contribution in [0, 0.1) is 11.6 Å². The Morgan fingerprint density at radius 3 is 2.68 bits per heavy atom. The van der Waals surface area contributed by atoms with Crippen LogP contribution >= 0.6 is 0 Å². The summed E-state index contributed by atoms with van der Waals surface area (Å²) in [7, 11) is 1.24. The van der Waals surface area contributed by atoms with Gasteiger partial charge in [-0.15, -0.1) is 0 Å². The number of hydrogen-bond donors (Lipinski definition) is 1. The van der Waals surface area contributed by atoms with Crippen LogP contribution in [0.5, 0.6) is 5.75 Å². The van der Waals surface area contributed by atoms with E-state index in [0.29, 0.717) is 6.07 Å². The lowest BCUT2D eigenvalue weighted by atomic mass is 10.3. The number of carbonyl (C=O) groups excluding carboxylic acids is 2. The van der Waals surface area contributed by atoms with Crippen LogP contribution in [0.25, 0.3) is 0 Å². The minimum Gasteiger partial charge on any atom is -0.481 e. The quantitative estimate of drug-likeness (QED) is 0.786. The van der Waals surface area contributed by atoms with Crippen LogP contribution in [0.15, 0.2) is 18.2 Å². The highest BCUT2D eigenvalue weighted by molar-refractivity contribution is 5.78. The Hall–Kier alpha value is -2.18. The molecule has 1 amide bonds. The summed E-state index contributed by atoms with van der Waals surface area (Å²) in [6.45, 7) is -0.329. The Bertz CT molecular complexity index is 465. The molecule has 0 heterocycles. The molecule has 0 bridgehead atoms. The number of nitrogens with one attached hydrogen (secondary N) is 1.